The van der Waals surface area contributed by atoms with E-state index < -0.39 is 0 Å². The minimum Gasteiger partial charge on any atom is -0.508 e. The van der Waals surface area contributed by atoms with E-state index in [4.69, 9.17) is 9.47 Å². The van der Waals surface area contributed by atoms with Crippen molar-refractivity contribution >= 4 is 27.2 Å². The van der Waals surface area contributed by atoms with Crippen molar-refractivity contribution in [1.82, 2.24) is 4.90 Å². The molecule has 1 saturated heterocycles. The molecule has 1 atom stereocenters. The quantitative estimate of drug-likeness (QED) is 0.270. The number of rotatable bonds is 9. The van der Waals surface area contributed by atoms with Crippen LogP contribution in [0, 0.1) is 5.92 Å². The van der Waals surface area contributed by atoms with Gasteiger partial charge in [-0.05, 0) is 79.7 Å². The van der Waals surface area contributed by atoms with Crippen molar-refractivity contribution in [2.24, 2.45) is 5.92 Å². The van der Waals surface area contributed by atoms with E-state index in [1.54, 1.807) is 42.5 Å². The Bertz CT molecular complexity index is 1350. The molecule has 0 saturated carbocycles. The van der Waals surface area contributed by atoms with E-state index in [1.807, 2.05) is 12.1 Å². The second-order valence-corrected chi connectivity index (χ2v) is 9.90. The van der Waals surface area contributed by atoms with Gasteiger partial charge in [0.15, 0.2) is 5.75 Å². The monoisotopic (exact) mass is 507 g/mol. The molecule has 0 unspecified atom stereocenters. The minimum atomic E-state index is -0.262. The summed E-state index contributed by atoms with van der Waals surface area (Å²) in [6, 6.07) is 18.1. The van der Waals surface area contributed by atoms with Crippen LogP contribution in [0.5, 0.6) is 28.7 Å². The number of aromatic hydroxyl groups is 2. The average Bonchev–Trinajstić information content (AvgIpc) is 3.49. The summed E-state index contributed by atoms with van der Waals surface area (Å²) in [6.45, 7) is 2.70. The molecule has 8 heteroatoms. The van der Waals surface area contributed by atoms with Crippen LogP contribution in [0.15, 0.2) is 66.7 Å². The van der Waals surface area contributed by atoms with Crippen LogP contribution in [-0.2, 0) is 0 Å². The maximum absolute atomic E-state index is 13.3. The molecule has 186 valence electrons. The molecule has 0 spiro atoms. The van der Waals surface area contributed by atoms with Crippen LogP contribution < -0.4 is 9.47 Å². The fourth-order valence-corrected chi connectivity index (χ4v) is 5.44. The average molecular weight is 508 g/mol. The summed E-state index contributed by atoms with van der Waals surface area (Å²) in [5.41, 5.74) is 0.424. The number of fused-ring (bicyclic) bond motifs is 1. The maximum Gasteiger partial charge on any atom is 0.206 e. The van der Waals surface area contributed by atoms with Gasteiger partial charge in [-0.2, -0.15) is 0 Å². The van der Waals surface area contributed by atoms with Gasteiger partial charge in [0.05, 0.1) is 6.67 Å². The first-order chi connectivity index (χ1) is 17.5. The molecule has 36 heavy (non-hydrogen) atoms. The van der Waals surface area contributed by atoms with Gasteiger partial charge in [0.2, 0.25) is 5.78 Å². The number of hydrogen-bond donors (Lipinski definition) is 2. The smallest absolute Gasteiger partial charge is 0.206 e. The van der Waals surface area contributed by atoms with E-state index in [-0.39, 0.29) is 29.9 Å². The van der Waals surface area contributed by atoms with Crippen LogP contribution in [-0.4, -0.2) is 53.8 Å². The second kappa shape index (κ2) is 10.6. The molecule has 1 aliphatic rings. The Kier molecular flexibility index (Phi) is 7.06. The van der Waals surface area contributed by atoms with Crippen molar-refractivity contribution in [3.05, 3.63) is 77.2 Å². The zero-order chi connectivity index (χ0) is 25.1. The number of alkyl halides is 1. The van der Waals surface area contributed by atoms with Crippen molar-refractivity contribution in [2.75, 3.05) is 32.9 Å². The van der Waals surface area contributed by atoms with E-state index >= 15 is 0 Å². The summed E-state index contributed by atoms with van der Waals surface area (Å²) in [5.74, 6) is 1.75. The van der Waals surface area contributed by atoms with Crippen molar-refractivity contribution in [1.29, 1.82) is 0 Å². The molecule has 6 nitrogen and oxygen atoms in total. The Hall–Kier alpha value is -3.62. The van der Waals surface area contributed by atoms with Crippen LogP contribution in [0.4, 0.5) is 4.39 Å². The highest BCUT2D eigenvalue weighted by Gasteiger charge is 2.23. The molecule has 0 bridgehead atoms. The Morgan fingerprint density at radius 3 is 2.44 bits per heavy atom. The Labute approximate surface area is 212 Å². The van der Waals surface area contributed by atoms with Crippen molar-refractivity contribution in [2.45, 2.75) is 6.42 Å². The third kappa shape index (κ3) is 5.29. The lowest BCUT2D eigenvalue weighted by Gasteiger charge is -2.16. The molecule has 1 aliphatic heterocycles. The largest absolute Gasteiger partial charge is 0.508 e. The predicted octanol–water partition coefficient (Wildman–Crippen LogP) is 6.01. The number of halogens is 1. The van der Waals surface area contributed by atoms with Crippen LogP contribution in [0.1, 0.15) is 21.7 Å². The number of likely N-dealkylation sites (tertiary alicyclic amines) is 1. The zero-order valence-electron chi connectivity index (χ0n) is 19.5. The van der Waals surface area contributed by atoms with Gasteiger partial charge in [-0.15, -0.1) is 11.3 Å². The molecule has 0 radical (unpaired) electrons. The lowest BCUT2D eigenvalue weighted by Crippen LogP contribution is -2.26. The number of hydrogen-bond acceptors (Lipinski definition) is 7. The van der Waals surface area contributed by atoms with Gasteiger partial charge in [0, 0.05) is 34.7 Å². The van der Waals surface area contributed by atoms with Crippen LogP contribution in [0.2, 0.25) is 0 Å². The highest BCUT2D eigenvalue weighted by molar-refractivity contribution is 7.21. The fourth-order valence-electron chi connectivity index (χ4n) is 4.31. The molecule has 0 aliphatic carbocycles. The normalized spacial score (nSPS) is 15.9. The molecule has 2 heterocycles. The SMILES string of the molecule is O=C(c1ccc(O)cc1)c1sc2cc(O)ccc2c1Oc1ccc(OCCN2CC[C@@H](CF)C2)cc1. The van der Waals surface area contributed by atoms with Gasteiger partial charge in [0.1, 0.15) is 34.5 Å². The van der Waals surface area contributed by atoms with Gasteiger partial charge in [-0.3, -0.25) is 14.1 Å². The third-order valence-corrected chi connectivity index (χ3v) is 7.40. The summed E-state index contributed by atoms with van der Waals surface area (Å²) in [7, 11) is 0. The fraction of sp³-hybridized carbons (Fsp3) is 0.250. The summed E-state index contributed by atoms with van der Waals surface area (Å²) in [6.07, 6.45) is 0.899. The first-order valence-electron chi connectivity index (χ1n) is 11.8. The van der Waals surface area contributed by atoms with Gasteiger partial charge in [-0.1, -0.05) is 0 Å². The first-order valence-corrected chi connectivity index (χ1v) is 12.6. The van der Waals surface area contributed by atoms with Crippen LogP contribution in [0.25, 0.3) is 10.1 Å². The van der Waals surface area contributed by atoms with E-state index in [0.717, 1.165) is 36.1 Å². The molecule has 5 rings (SSSR count). The van der Waals surface area contributed by atoms with Crippen molar-refractivity contribution in [3.63, 3.8) is 0 Å². The molecule has 4 aromatic rings. The van der Waals surface area contributed by atoms with Crippen LogP contribution >= 0.6 is 11.3 Å². The summed E-state index contributed by atoms with van der Waals surface area (Å²) >= 11 is 1.24. The lowest BCUT2D eigenvalue weighted by atomic mass is 10.1. The summed E-state index contributed by atoms with van der Waals surface area (Å²) in [5, 5.41) is 20.2. The van der Waals surface area contributed by atoms with Crippen molar-refractivity contribution < 1.29 is 28.9 Å². The zero-order valence-corrected chi connectivity index (χ0v) is 20.3. The summed E-state index contributed by atoms with van der Waals surface area (Å²) in [4.78, 5) is 15.9. The number of ketones is 1. The first kappa shape index (κ1) is 24.1. The predicted molar refractivity (Wildman–Crippen MR) is 138 cm³/mol. The third-order valence-electron chi connectivity index (χ3n) is 6.27. The highest BCUT2D eigenvalue weighted by Crippen LogP contribution is 2.43. The van der Waals surface area contributed by atoms with E-state index in [0.29, 0.717) is 34.3 Å². The Morgan fingerprint density at radius 2 is 1.72 bits per heavy atom. The van der Waals surface area contributed by atoms with Gasteiger partial charge < -0.3 is 19.7 Å². The maximum atomic E-state index is 13.3. The molecular weight excluding hydrogens is 481 g/mol. The minimum absolute atomic E-state index is 0.0796. The Morgan fingerprint density at radius 1 is 1.00 bits per heavy atom. The molecule has 3 aromatic carbocycles. The number of benzene rings is 3. The second-order valence-electron chi connectivity index (χ2n) is 8.85. The standard InChI is InChI=1S/C28H26FNO5S/c29-16-18-11-12-30(17-18)13-14-34-22-6-8-23(9-7-22)35-27-24-10-5-21(32)15-25(24)36-28(27)26(33)19-1-3-20(31)4-2-19/h1-10,15,18,31-32H,11-14,16-17H2/t18-/m0/s1. The van der Waals surface area contributed by atoms with E-state index in [9.17, 15) is 19.4 Å². The lowest BCUT2D eigenvalue weighted by molar-refractivity contribution is 0.104. The van der Waals surface area contributed by atoms with Gasteiger partial charge >= 0.3 is 0 Å². The summed E-state index contributed by atoms with van der Waals surface area (Å²) < 4.78 is 25.6. The number of phenolic OH excluding ortho intramolecular Hbond substituents is 2. The van der Waals surface area contributed by atoms with Crippen LogP contribution in [0.3, 0.4) is 0 Å². The molecule has 1 fully saturated rings. The van der Waals surface area contributed by atoms with Gasteiger partial charge in [0.25, 0.3) is 0 Å². The topological polar surface area (TPSA) is 79.2 Å². The number of nitrogens with zero attached hydrogens (tertiary/aromatic N) is 1. The van der Waals surface area contributed by atoms with Gasteiger partial charge in [-0.25, -0.2) is 0 Å². The number of thiophene rings is 1. The van der Waals surface area contributed by atoms with Crippen molar-refractivity contribution in [3.8, 4) is 28.7 Å². The number of carbonyl (C=O) groups is 1. The Balaban J connectivity index is 1.32. The number of ether oxygens (including phenoxy) is 2. The molecule has 1 aromatic heterocycles. The number of carbonyl (C=O) groups excluding carboxylic acids is 1. The molecular formula is C28H26FNO5S. The van der Waals surface area contributed by atoms with E-state index in [2.05, 4.69) is 4.90 Å². The number of phenols is 2. The molecule has 0 amide bonds. The highest BCUT2D eigenvalue weighted by atomic mass is 32.1. The van der Waals surface area contributed by atoms with E-state index in [1.165, 1.54) is 23.5 Å². The molecule has 2 N–H and O–H groups in total.